The van der Waals surface area contributed by atoms with Gasteiger partial charge < -0.3 is 10.3 Å². The lowest BCUT2D eigenvalue weighted by atomic mass is 10.1. The fourth-order valence-corrected chi connectivity index (χ4v) is 1.09. The minimum Gasteiger partial charge on any atom is -0.478 e. The SMILES string of the molecule is CC(=N\O)/C(=C/c1ccccc1)C(=O)O. The molecule has 0 fully saturated rings. The van der Waals surface area contributed by atoms with Gasteiger partial charge in [-0.1, -0.05) is 35.5 Å². The summed E-state index contributed by atoms with van der Waals surface area (Å²) in [5, 5.41) is 20.3. The zero-order valence-electron chi connectivity index (χ0n) is 8.21. The van der Waals surface area contributed by atoms with Crippen molar-refractivity contribution in [1.29, 1.82) is 0 Å². The molecule has 78 valence electrons. The highest BCUT2D eigenvalue weighted by molar-refractivity contribution is 6.21. The lowest BCUT2D eigenvalue weighted by Crippen LogP contribution is -2.08. The van der Waals surface area contributed by atoms with Gasteiger partial charge in [0.05, 0.1) is 11.3 Å². The highest BCUT2D eigenvalue weighted by Gasteiger charge is 2.11. The number of carboxylic acids is 1. The van der Waals surface area contributed by atoms with Crippen LogP contribution in [0.3, 0.4) is 0 Å². The predicted octanol–water partition coefficient (Wildman–Crippen LogP) is 2.00. The van der Waals surface area contributed by atoms with Crippen molar-refractivity contribution in [3.8, 4) is 0 Å². The number of rotatable bonds is 3. The van der Waals surface area contributed by atoms with Crippen molar-refractivity contribution in [3.63, 3.8) is 0 Å². The maximum atomic E-state index is 10.8. The molecule has 0 atom stereocenters. The van der Waals surface area contributed by atoms with E-state index >= 15 is 0 Å². The van der Waals surface area contributed by atoms with E-state index in [1.807, 2.05) is 6.07 Å². The standard InChI is InChI=1S/C11H11NO3/c1-8(12-15)10(11(13)14)7-9-5-3-2-4-6-9/h2-7,15H,1H3,(H,13,14)/b10-7-,12-8+. The second kappa shape index (κ2) is 4.95. The molecule has 2 N–H and O–H groups in total. The van der Waals surface area contributed by atoms with Crippen molar-refractivity contribution < 1.29 is 15.1 Å². The minimum absolute atomic E-state index is 0.0244. The molecule has 15 heavy (non-hydrogen) atoms. The van der Waals surface area contributed by atoms with Crippen LogP contribution in [-0.4, -0.2) is 22.0 Å². The van der Waals surface area contributed by atoms with Crippen LogP contribution in [0.4, 0.5) is 0 Å². The zero-order valence-corrected chi connectivity index (χ0v) is 8.21. The third-order valence-corrected chi connectivity index (χ3v) is 1.88. The fourth-order valence-electron chi connectivity index (χ4n) is 1.09. The first-order valence-corrected chi connectivity index (χ1v) is 4.34. The fraction of sp³-hybridized carbons (Fsp3) is 0.0909. The molecule has 0 unspecified atom stereocenters. The molecule has 4 heteroatoms. The minimum atomic E-state index is -1.12. The highest BCUT2D eigenvalue weighted by Crippen LogP contribution is 2.08. The number of carbonyl (C=O) groups is 1. The van der Waals surface area contributed by atoms with E-state index in [4.69, 9.17) is 10.3 Å². The lowest BCUT2D eigenvalue weighted by molar-refractivity contribution is -0.131. The first-order chi connectivity index (χ1) is 7.15. The van der Waals surface area contributed by atoms with Crippen LogP contribution in [0.25, 0.3) is 6.08 Å². The monoisotopic (exact) mass is 205 g/mol. The molecule has 1 aromatic rings. The maximum Gasteiger partial charge on any atom is 0.337 e. The Kier molecular flexibility index (Phi) is 3.62. The number of nitrogens with zero attached hydrogens (tertiary/aromatic N) is 1. The number of hydrogen-bond donors (Lipinski definition) is 2. The summed E-state index contributed by atoms with van der Waals surface area (Å²) >= 11 is 0. The third kappa shape index (κ3) is 2.95. The summed E-state index contributed by atoms with van der Waals surface area (Å²) in [5.41, 5.74) is 0.799. The van der Waals surface area contributed by atoms with Gasteiger partial charge in [-0.15, -0.1) is 0 Å². The Morgan fingerprint density at radius 1 is 1.33 bits per heavy atom. The van der Waals surface area contributed by atoms with Crippen molar-refractivity contribution in [1.82, 2.24) is 0 Å². The lowest BCUT2D eigenvalue weighted by Gasteiger charge is -1.99. The van der Waals surface area contributed by atoms with Crippen molar-refractivity contribution >= 4 is 17.8 Å². The van der Waals surface area contributed by atoms with E-state index in [1.54, 1.807) is 24.3 Å². The Balaban J connectivity index is 3.11. The molecular formula is C11H11NO3. The molecule has 0 saturated carbocycles. The van der Waals surface area contributed by atoms with Crippen LogP contribution in [0.5, 0.6) is 0 Å². The second-order valence-corrected chi connectivity index (χ2v) is 2.96. The van der Waals surface area contributed by atoms with Gasteiger partial charge in [-0.3, -0.25) is 0 Å². The van der Waals surface area contributed by atoms with Gasteiger partial charge >= 0.3 is 5.97 Å². The van der Waals surface area contributed by atoms with Crippen LogP contribution < -0.4 is 0 Å². The number of oxime groups is 1. The highest BCUT2D eigenvalue weighted by atomic mass is 16.4. The molecule has 1 rings (SSSR count). The molecule has 1 aromatic carbocycles. The van der Waals surface area contributed by atoms with Crippen LogP contribution in [0, 0.1) is 0 Å². The topological polar surface area (TPSA) is 69.9 Å². The van der Waals surface area contributed by atoms with E-state index in [0.717, 1.165) is 5.56 Å². The summed E-state index contributed by atoms with van der Waals surface area (Å²) in [5.74, 6) is -1.12. The summed E-state index contributed by atoms with van der Waals surface area (Å²) in [6.07, 6.45) is 1.46. The van der Waals surface area contributed by atoms with Crippen molar-refractivity contribution in [2.75, 3.05) is 0 Å². The van der Waals surface area contributed by atoms with E-state index in [0.29, 0.717) is 0 Å². The summed E-state index contributed by atoms with van der Waals surface area (Å²) in [4.78, 5) is 10.8. The second-order valence-electron chi connectivity index (χ2n) is 2.96. The summed E-state index contributed by atoms with van der Waals surface area (Å²) < 4.78 is 0. The van der Waals surface area contributed by atoms with Crippen molar-refractivity contribution in [2.45, 2.75) is 6.92 Å². The number of carboxylic acid groups (broad SMARTS) is 1. The summed E-state index contributed by atoms with van der Waals surface area (Å²) in [6, 6.07) is 8.99. The molecule has 0 saturated heterocycles. The quantitative estimate of drug-likeness (QED) is 0.343. The van der Waals surface area contributed by atoms with E-state index in [9.17, 15) is 4.79 Å². The van der Waals surface area contributed by atoms with E-state index < -0.39 is 5.97 Å². The normalized spacial score (nSPS) is 12.6. The number of hydrogen-bond acceptors (Lipinski definition) is 3. The van der Waals surface area contributed by atoms with Crippen LogP contribution in [0.2, 0.25) is 0 Å². The largest absolute Gasteiger partial charge is 0.478 e. The Bertz CT molecular complexity index is 407. The average Bonchev–Trinajstić information content (AvgIpc) is 2.26. The van der Waals surface area contributed by atoms with Crippen molar-refractivity contribution in [3.05, 3.63) is 41.5 Å². The molecule has 0 heterocycles. The molecule has 0 radical (unpaired) electrons. The van der Waals surface area contributed by atoms with Crippen LogP contribution in [-0.2, 0) is 4.79 Å². The molecule has 0 bridgehead atoms. The Morgan fingerprint density at radius 3 is 2.40 bits per heavy atom. The van der Waals surface area contributed by atoms with Gasteiger partial charge in [0.25, 0.3) is 0 Å². The van der Waals surface area contributed by atoms with Gasteiger partial charge in [0.1, 0.15) is 0 Å². The Labute approximate surface area is 87.2 Å². The maximum absolute atomic E-state index is 10.8. The zero-order chi connectivity index (χ0) is 11.3. The number of benzene rings is 1. The van der Waals surface area contributed by atoms with Gasteiger partial charge in [0.15, 0.2) is 0 Å². The smallest absolute Gasteiger partial charge is 0.337 e. The van der Waals surface area contributed by atoms with E-state index in [1.165, 1.54) is 13.0 Å². The molecule has 0 aromatic heterocycles. The molecule has 0 spiro atoms. The molecule has 0 amide bonds. The summed E-state index contributed by atoms with van der Waals surface area (Å²) in [7, 11) is 0. The van der Waals surface area contributed by atoms with Crippen molar-refractivity contribution in [2.24, 2.45) is 5.16 Å². The van der Waals surface area contributed by atoms with Crippen LogP contribution >= 0.6 is 0 Å². The van der Waals surface area contributed by atoms with Gasteiger partial charge in [-0.25, -0.2) is 4.79 Å². The first kappa shape index (κ1) is 11.0. The van der Waals surface area contributed by atoms with Gasteiger partial charge in [0.2, 0.25) is 0 Å². The number of aliphatic carboxylic acids is 1. The average molecular weight is 205 g/mol. The predicted molar refractivity (Wildman–Crippen MR) is 57.0 cm³/mol. The van der Waals surface area contributed by atoms with Gasteiger partial charge in [-0.2, -0.15) is 0 Å². The molecular weight excluding hydrogens is 194 g/mol. The van der Waals surface area contributed by atoms with E-state index in [-0.39, 0.29) is 11.3 Å². The molecule has 0 aliphatic carbocycles. The Morgan fingerprint density at radius 2 is 1.93 bits per heavy atom. The van der Waals surface area contributed by atoms with Gasteiger partial charge in [0, 0.05) is 0 Å². The van der Waals surface area contributed by atoms with Crippen LogP contribution in [0.15, 0.2) is 41.1 Å². The molecule has 4 nitrogen and oxygen atoms in total. The third-order valence-electron chi connectivity index (χ3n) is 1.88. The molecule has 0 aliphatic rings. The van der Waals surface area contributed by atoms with E-state index in [2.05, 4.69) is 5.16 Å². The van der Waals surface area contributed by atoms with Gasteiger partial charge in [-0.05, 0) is 18.6 Å². The summed E-state index contributed by atoms with van der Waals surface area (Å²) in [6.45, 7) is 1.43. The van der Waals surface area contributed by atoms with Crippen LogP contribution in [0.1, 0.15) is 12.5 Å². The Hall–Kier alpha value is -2.10. The first-order valence-electron chi connectivity index (χ1n) is 4.34. The molecule has 0 aliphatic heterocycles.